The maximum Gasteiger partial charge on any atom is 0.407 e. The average molecular weight is 188 g/mol. The fourth-order valence-corrected chi connectivity index (χ4v) is 0.725. The van der Waals surface area contributed by atoms with Crippen LogP contribution in [0.3, 0.4) is 0 Å². The monoisotopic (exact) mass is 188 g/mol. The van der Waals surface area contributed by atoms with Crippen molar-refractivity contribution in [3.8, 4) is 0 Å². The summed E-state index contributed by atoms with van der Waals surface area (Å²) in [5.41, 5.74) is 0. The molecule has 0 bridgehead atoms. The molecule has 4 heteroatoms. The molecule has 1 radical (unpaired) electrons. The molecule has 0 heterocycles. The highest BCUT2D eigenvalue weighted by atomic mass is 16.5. The number of nitrogens with one attached hydrogen (secondary N) is 1. The Hall–Kier alpha value is -0.770. The molecule has 0 aromatic rings. The van der Waals surface area contributed by atoms with E-state index in [1.807, 2.05) is 6.92 Å². The average Bonchev–Trinajstić information content (AvgIpc) is 2.13. The van der Waals surface area contributed by atoms with Crippen LogP contribution in [0.4, 0.5) is 4.79 Å². The second-order valence-electron chi connectivity index (χ2n) is 2.68. The highest BCUT2D eigenvalue weighted by Crippen LogP contribution is 1.88. The molecule has 77 valence electrons. The van der Waals surface area contributed by atoms with Gasteiger partial charge >= 0.3 is 6.09 Å². The molecule has 1 amide bonds. The summed E-state index contributed by atoms with van der Waals surface area (Å²) in [5.74, 6) is 0. The minimum absolute atomic E-state index is 0.350. The molecule has 0 spiro atoms. The van der Waals surface area contributed by atoms with E-state index in [0.717, 1.165) is 19.3 Å². The van der Waals surface area contributed by atoms with E-state index in [1.165, 1.54) is 0 Å². The van der Waals surface area contributed by atoms with Crippen molar-refractivity contribution in [3.05, 3.63) is 7.11 Å². The van der Waals surface area contributed by atoms with Gasteiger partial charge < -0.3 is 14.8 Å². The Balaban J connectivity index is 3.11. The fraction of sp³-hybridized carbons (Fsp3) is 0.778. The Kier molecular flexibility index (Phi) is 8.77. The number of ether oxygens (including phenoxy) is 2. The van der Waals surface area contributed by atoms with Crippen LogP contribution in [0.1, 0.15) is 26.2 Å². The zero-order valence-corrected chi connectivity index (χ0v) is 8.17. The van der Waals surface area contributed by atoms with E-state index in [4.69, 9.17) is 4.74 Å². The number of alkyl carbamates (subject to hydrolysis) is 1. The Morgan fingerprint density at radius 1 is 1.38 bits per heavy atom. The number of amides is 1. The van der Waals surface area contributed by atoms with Crippen LogP contribution in [-0.2, 0) is 9.47 Å². The predicted molar refractivity (Wildman–Crippen MR) is 50.2 cm³/mol. The van der Waals surface area contributed by atoms with E-state index >= 15 is 0 Å². The Morgan fingerprint density at radius 3 is 2.77 bits per heavy atom. The molecule has 0 fully saturated rings. The van der Waals surface area contributed by atoms with Crippen LogP contribution < -0.4 is 5.32 Å². The van der Waals surface area contributed by atoms with Crippen molar-refractivity contribution in [1.82, 2.24) is 5.32 Å². The van der Waals surface area contributed by atoms with Gasteiger partial charge in [0.25, 0.3) is 0 Å². The van der Waals surface area contributed by atoms with Gasteiger partial charge in [0.05, 0.1) is 13.7 Å². The molecule has 4 nitrogen and oxygen atoms in total. The summed E-state index contributed by atoms with van der Waals surface area (Å²) in [5, 5.41) is 2.61. The number of carbonyl (C=O) groups excluding carboxylic acids is 1. The zero-order valence-electron chi connectivity index (χ0n) is 8.17. The minimum atomic E-state index is -0.350. The largest absolute Gasteiger partial charge is 0.450 e. The molecule has 0 saturated heterocycles. The quantitative estimate of drug-likeness (QED) is 0.619. The lowest BCUT2D eigenvalue weighted by atomic mass is 10.4. The maximum absolute atomic E-state index is 10.9. The van der Waals surface area contributed by atoms with Crippen LogP contribution >= 0.6 is 0 Å². The third-order valence-electron chi connectivity index (χ3n) is 1.47. The summed E-state index contributed by atoms with van der Waals surface area (Å²) in [6, 6.07) is 0. The van der Waals surface area contributed by atoms with Crippen molar-refractivity contribution in [2.75, 3.05) is 19.8 Å². The normalized spacial score (nSPS) is 9.69. The number of rotatable bonds is 7. The summed E-state index contributed by atoms with van der Waals surface area (Å²) in [4.78, 5) is 10.9. The van der Waals surface area contributed by atoms with Crippen LogP contribution in [0, 0.1) is 7.11 Å². The topological polar surface area (TPSA) is 47.6 Å². The fourth-order valence-electron chi connectivity index (χ4n) is 0.725. The molecular formula is C9H18NO3. The lowest BCUT2D eigenvalue weighted by Crippen LogP contribution is -2.26. The summed E-state index contributed by atoms with van der Waals surface area (Å²) >= 11 is 0. The third-order valence-corrected chi connectivity index (χ3v) is 1.47. The van der Waals surface area contributed by atoms with Gasteiger partial charge in [-0.2, -0.15) is 0 Å². The molecule has 0 aliphatic rings. The molecule has 0 unspecified atom stereocenters. The van der Waals surface area contributed by atoms with Gasteiger partial charge in [0.2, 0.25) is 0 Å². The molecule has 0 aliphatic carbocycles. The lowest BCUT2D eigenvalue weighted by Gasteiger charge is -2.05. The molecule has 0 aliphatic heterocycles. The van der Waals surface area contributed by atoms with E-state index in [-0.39, 0.29) is 6.09 Å². The maximum atomic E-state index is 10.9. The first-order chi connectivity index (χ1) is 6.31. The zero-order chi connectivity index (χ0) is 9.94. The number of carbonyl (C=O) groups is 1. The summed E-state index contributed by atoms with van der Waals surface area (Å²) in [7, 11) is 3.22. The third kappa shape index (κ3) is 9.14. The highest BCUT2D eigenvalue weighted by molar-refractivity contribution is 5.66. The Labute approximate surface area is 79.6 Å². The standard InChI is InChI=1S/C9H18NO3/c1-3-4-8-13-9(11)10-6-5-7-12-2/h2-8H2,1H3,(H,10,11). The van der Waals surface area contributed by atoms with Crippen molar-refractivity contribution in [2.45, 2.75) is 26.2 Å². The van der Waals surface area contributed by atoms with Crippen LogP contribution in [-0.4, -0.2) is 25.9 Å². The summed E-state index contributed by atoms with van der Waals surface area (Å²) in [6.45, 7) is 3.66. The van der Waals surface area contributed by atoms with Gasteiger partial charge in [0.15, 0.2) is 0 Å². The number of hydrogen-bond acceptors (Lipinski definition) is 3. The molecule has 0 aromatic carbocycles. The molecule has 0 atom stereocenters. The molecule has 0 saturated carbocycles. The van der Waals surface area contributed by atoms with Gasteiger partial charge in [-0.25, -0.2) is 4.79 Å². The van der Waals surface area contributed by atoms with E-state index in [9.17, 15) is 4.79 Å². The van der Waals surface area contributed by atoms with E-state index in [0.29, 0.717) is 19.8 Å². The first kappa shape index (κ1) is 12.2. The van der Waals surface area contributed by atoms with Crippen molar-refractivity contribution in [2.24, 2.45) is 0 Å². The van der Waals surface area contributed by atoms with Gasteiger partial charge in [-0.15, -0.1) is 0 Å². The molecular weight excluding hydrogens is 170 g/mol. The molecule has 0 rings (SSSR count). The van der Waals surface area contributed by atoms with Crippen LogP contribution in [0.5, 0.6) is 0 Å². The van der Waals surface area contributed by atoms with Crippen molar-refractivity contribution in [1.29, 1.82) is 0 Å². The van der Waals surface area contributed by atoms with Crippen LogP contribution in [0.2, 0.25) is 0 Å². The second-order valence-corrected chi connectivity index (χ2v) is 2.68. The van der Waals surface area contributed by atoms with Gasteiger partial charge in [-0.3, -0.25) is 0 Å². The summed E-state index contributed by atoms with van der Waals surface area (Å²) < 4.78 is 9.44. The minimum Gasteiger partial charge on any atom is -0.450 e. The lowest BCUT2D eigenvalue weighted by molar-refractivity contribution is 0.143. The van der Waals surface area contributed by atoms with Crippen molar-refractivity contribution >= 4 is 6.09 Å². The number of unbranched alkanes of at least 4 members (excludes halogenated alkanes) is 1. The predicted octanol–water partition coefficient (Wildman–Crippen LogP) is 1.71. The molecule has 13 heavy (non-hydrogen) atoms. The molecule has 0 aromatic heterocycles. The first-order valence-electron chi connectivity index (χ1n) is 4.58. The van der Waals surface area contributed by atoms with Crippen molar-refractivity contribution in [3.63, 3.8) is 0 Å². The number of hydrogen-bond donors (Lipinski definition) is 1. The van der Waals surface area contributed by atoms with Gasteiger partial charge in [-0.1, -0.05) is 13.3 Å². The van der Waals surface area contributed by atoms with E-state index < -0.39 is 0 Å². The van der Waals surface area contributed by atoms with Crippen LogP contribution in [0.15, 0.2) is 0 Å². The summed E-state index contributed by atoms with van der Waals surface area (Å²) in [6.07, 6.45) is 2.35. The molecule has 1 N–H and O–H groups in total. The first-order valence-corrected chi connectivity index (χ1v) is 4.58. The van der Waals surface area contributed by atoms with Crippen LogP contribution in [0.25, 0.3) is 0 Å². The van der Waals surface area contributed by atoms with E-state index in [2.05, 4.69) is 17.2 Å². The van der Waals surface area contributed by atoms with Gasteiger partial charge in [0, 0.05) is 13.2 Å². The SMILES string of the molecule is [CH2]OCCCNC(=O)OCCCC. The highest BCUT2D eigenvalue weighted by Gasteiger charge is 1.98. The second kappa shape index (κ2) is 9.32. The Morgan fingerprint density at radius 2 is 2.15 bits per heavy atom. The van der Waals surface area contributed by atoms with Crippen molar-refractivity contribution < 1.29 is 14.3 Å². The van der Waals surface area contributed by atoms with E-state index in [1.54, 1.807) is 0 Å². The smallest absolute Gasteiger partial charge is 0.407 e. The van der Waals surface area contributed by atoms with Gasteiger partial charge in [-0.05, 0) is 12.8 Å². The van der Waals surface area contributed by atoms with Gasteiger partial charge in [0.1, 0.15) is 0 Å². The Bertz CT molecular complexity index is 128.